The van der Waals surface area contributed by atoms with Crippen LogP contribution in [-0.2, 0) is 4.74 Å². The molecule has 98 valence electrons. The standard InChI is InChI=1S/C13H17FN2O2/c1-13(5-2-6-18-8-13)16-12(17)9-3-4-11(15)10(14)7-9/h3-4,7H,2,5-6,8,15H2,1H3,(H,16,17). The van der Waals surface area contributed by atoms with Crippen LogP contribution in [0.25, 0.3) is 0 Å². The molecule has 2 rings (SSSR count). The minimum absolute atomic E-state index is 0.0405. The van der Waals surface area contributed by atoms with Crippen LogP contribution in [-0.4, -0.2) is 24.7 Å². The average molecular weight is 252 g/mol. The van der Waals surface area contributed by atoms with Gasteiger partial charge in [0, 0.05) is 12.2 Å². The molecule has 18 heavy (non-hydrogen) atoms. The zero-order valence-corrected chi connectivity index (χ0v) is 10.3. The van der Waals surface area contributed by atoms with E-state index >= 15 is 0 Å². The third-order valence-electron chi connectivity index (χ3n) is 3.12. The van der Waals surface area contributed by atoms with Crippen LogP contribution in [0.1, 0.15) is 30.1 Å². The van der Waals surface area contributed by atoms with Crippen molar-refractivity contribution in [3.63, 3.8) is 0 Å². The molecule has 1 fully saturated rings. The van der Waals surface area contributed by atoms with Crippen molar-refractivity contribution in [2.45, 2.75) is 25.3 Å². The fraction of sp³-hybridized carbons (Fsp3) is 0.462. The lowest BCUT2D eigenvalue weighted by Gasteiger charge is -2.34. The molecular formula is C13H17FN2O2. The second-order valence-electron chi connectivity index (χ2n) is 4.91. The van der Waals surface area contributed by atoms with Crippen molar-refractivity contribution in [2.75, 3.05) is 18.9 Å². The first-order chi connectivity index (χ1) is 8.50. The lowest BCUT2D eigenvalue weighted by atomic mass is 9.94. The maximum absolute atomic E-state index is 13.3. The minimum Gasteiger partial charge on any atom is -0.396 e. The summed E-state index contributed by atoms with van der Waals surface area (Å²) in [4.78, 5) is 12.0. The smallest absolute Gasteiger partial charge is 0.251 e. The van der Waals surface area contributed by atoms with Crippen molar-refractivity contribution >= 4 is 11.6 Å². The van der Waals surface area contributed by atoms with Gasteiger partial charge in [-0.25, -0.2) is 4.39 Å². The summed E-state index contributed by atoms with van der Waals surface area (Å²) >= 11 is 0. The predicted octanol–water partition coefficient (Wildman–Crippen LogP) is 1.71. The largest absolute Gasteiger partial charge is 0.396 e. The molecule has 1 heterocycles. The van der Waals surface area contributed by atoms with E-state index in [0.29, 0.717) is 6.61 Å². The van der Waals surface area contributed by atoms with E-state index in [0.717, 1.165) is 25.5 Å². The van der Waals surface area contributed by atoms with Crippen molar-refractivity contribution in [3.05, 3.63) is 29.6 Å². The summed E-state index contributed by atoms with van der Waals surface area (Å²) in [5, 5.41) is 2.89. The number of halogens is 1. The Balaban J connectivity index is 2.09. The summed E-state index contributed by atoms with van der Waals surface area (Å²) in [5.41, 5.74) is 5.30. The minimum atomic E-state index is -0.576. The first-order valence-corrected chi connectivity index (χ1v) is 5.95. The van der Waals surface area contributed by atoms with Crippen LogP contribution in [0.2, 0.25) is 0 Å². The molecule has 1 atom stereocenters. The molecule has 1 amide bonds. The van der Waals surface area contributed by atoms with Crippen LogP contribution >= 0.6 is 0 Å². The number of ether oxygens (including phenoxy) is 1. The lowest BCUT2D eigenvalue weighted by molar-refractivity contribution is 0.0272. The topological polar surface area (TPSA) is 64.4 Å². The summed E-state index contributed by atoms with van der Waals surface area (Å²) in [6.07, 6.45) is 1.77. The predicted molar refractivity (Wildman–Crippen MR) is 66.7 cm³/mol. The highest BCUT2D eigenvalue weighted by molar-refractivity contribution is 5.95. The Labute approximate surface area is 105 Å². The van der Waals surface area contributed by atoms with Crippen molar-refractivity contribution in [1.82, 2.24) is 5.32 Å². The highest BCUT2D eigenvalue weighted by Gasteiger charge is 2.29. The fourth-order valence-electron chi connectivity index (χ4n) is 2.05. The van der Waals surface area contributed by atoms with E-state index in [9.17, 15) is 9.18 Å². The molecule has 0 spiro atoms. The summed E-state index contributed by atoms with van der Waals surface area (Å²) in [6, 6.07) is 4.06. The van der Waals surface area contributed by atoms with Crippen molar-refractivity contribution in [3.8, 4) is 0 Å². The van der Waals surface area contributed by atoms with Gasteiger partial charge in [-0.1, -0.05) is 0 Å². The molecule has 1 aliphatic rings. The van der Waals surface area contributed by atoms with E-state index in [1.165, 1.54) is 12.1 Å². The van der Waals surface area contributed by atoms with Crippen LogP contribution in [0, 0.1) is 5.82 Å². The van der Waals surface area contributed by atoms with Crippen molar-refractivity contribution < 1.29 is 13.9 Å². The third kappa shape index (κ3) is 2.79. The van der Waals surface area contributed by atoms with Gasteiger partial charge < -0.3 is 15.8 Å². The molecule has 1 aromatic carbocycles. The van der Waals surface area contributed by atoms with Crippen LogP contribution in [0.15, 0.2) is 18.2 Å². The van der Waals surface area contributed by atoms with Gasteiger partial charge in [0.05, 0.1) is 17.8 Å². The van der Waals surface area contributed by atoms with Gasteiger partial charge in [-0.3, -0.25) is 4.79 Å². The number of anilines is 1. The Morgan fingerprint density at radius 3 is 2.94 bits per heavy atom. The average Bonchev–Trinajstić information content (AvgIpc) is 2.33. The Hall–Kier alpha value is -1.62. The first kappa shape index (κ1) is 12.8. The van der Waals surface area contributed by atoms with Crippen LogP contribution in [0.3, 0.4) is 0 Å². The number of nitrogen functional groups attached to an aromatic ring is 1. The van der Waals surface area contributed by atoms with Crippen LogP contribution < -0.4 is 11.1 Å². The van der Waals surface area contributed by atoms with Gasteiger partial charge in [-0.2, -0.15) is 0 Å². The highest BCUT2D eigenvalue weighted by atomic mass is 19.1. The SMILES string of the molecule is CC1(NC(=O)c2ccc(N)c(F)c2)CCCOC1. The van der Waals surface area contributed by atoms with Gasteiger partial charge >= 0.3 is 0 Å². The molecule has 1 unspecified atom stereocenters. The molecule has 4 nitrogen and oxygen atoms in total. The Morgan fingerprint density at radius 2 is 2.33 bits per heavy atom. The van der Waals surface area contributed by atoms with E-state index in [-0.39, 0.29) is 22.7 Å². The molecule has 0 radical (unpaired) electrons. The number of carbonyl (C=O) groups is 1. The third-order valence-corrected chi connectivity index (χ3v) is 3.12. The quantitative estimate of drug-likeness (QED) is 0.787. The molecule has 1 aliphatic heterocycles. The van der Waals surface area contributed by atoms with E-state index in [1.54, 1.807) is 0 Å². The number of amides is 1. The normalized spacial score (nSPS) is 23.7. The molecular weight excluding hydrogens is 235 g/mol. The molecule has 0 saturated carbocycles. The molecule has 1 aromatic rings. The fourth-order valence-corrected chi connectivity index (χ4v) is 2.05. The number of hydrogen-bond acceptors (Lipinski definition) is 3. The van der Waals surface area contributed by atoms with E-state index in [1.807, 2.05) is 6.92 Å². The summed E-state index contributed by atoms with van der Waals surface area (Å²) in [6.45, 7) is 3.13. The molecule has 3 N–H and O–H groups in total. The van der Waals surface area contributed by atoms with Gasteiger partial charge in [0.2, 0.25) is 0 Å². The summed E-state index contributed by atoms with van der Waals surface area (Å²) in [5.74, 6) is -0.880. The highest BCUT2D eigenvalue weighted by Crippen LogP contribution is 2.19. The molecule has 5 heteroatoms. The zero-order chi connectivity index (χ0) is 13.2. The Kier molecular flexibility index (Phi) is 3.52. The van der Waals surface area contributed by atoms with E-state index in [2.05, 4.69) is 5.32 Å². The zero-order valence-electron chi connectivity index (χ0n) is 10.3. The van der Waals surface area contributed by atoms with Crippen molar-refractivity contribution in [2.24, 2.45) is 0 Å². The van der Waals surface area contributed by atoms with Crippen LogP contribution in [0.5, 0.6) is 0 Å². The second kappa shape index (κ2) is 4.94. The molecule has 0 bridgehead atoms. The van der Waals surface area contributed by atoms with Gasteiger partial charge in [-0.05, 0) is 38.0 Å². The van der Waals surface area contributed by atoms with Crippen LogP contribution in [0.4, 0.5) is 10.1 Å². The Morgan fingerprint density at radius 1 is 1.56 bits per heavy atom. The molecule has 0 aliphatic carbocycles. The number of nitrogens with two attached hydrogens (primary N) is 1. The van der Waals surface area contributed by atoms with Gasteiger partial charge in [0.25, 0.3) is 5.91 Å². The molecule has 0 aromatic heterocycles. The number of benzene rings is 1. The van der Waals surface area contributed by atoms with E-state index in [4.69, 9.17) is 10.5 Å². The maximum Gasteiger partial charge on any atom is 0.251 e. The molecule has 1 saturated heterocycles. The lowest BCUT2D eigenvalue weighted by Crippen LogP contribution is -2.51. The monoisotopic (exact) mass is 252 g/mol. The van der Waals surface area contributed by atoms with Gasteiger partial charge in [-0.15, -0.1) is 0 Å². The first-order valence-electron chi connectivity index (χ1n) is 5.95. The maximum atomic E-state index is 13.3. The summed E-state index contributed by atoms with van der Waals surface area (Å²) < 4.78 is 18.6. The number of rotatable bonds is 2. The van der Waals surface area contributed by atoms with Gasteiger partial charge in [0.1, 0.15) is 5.82 Å². The number of nitrogens with one attached hydrogen (secondary N) is 1. The van der Waals surface area contributed by atoms with E-state index < -0.39 is 5.82 Å². The number of carbonyl (C=O) groups excluding carboxylic acids is 1. The van der Waals surface area contributed by atoms with Gasteiger partial charge in [0.15, 0.2) is 0 Å². The van der Waals surface area contributed by atoms with Crippen molar-refractivity contribution in [1.29, 1.82) is 0 Å². The number of hydrogen-bond donors (Lipinski definition) is 2. The second-order valence-corrected chi connectivity index (χ2v) is 4.91. The summed E-state index contributed by atoms with van der Waals surface area (Å²) in [7, 11) is 0. The Bertz CT molecular complexity index is 456.